The second-order valence-electron chi connectivity index (χ2n) is 8.47. The largest absolute Gasteiger partial charge is 0.380 e. The van der Waals surface area contributed by atoms with Crippen LogP contribution < -0.4 is 5.32 Å². The summed E-state index contributed by atoms with van der Waals surface area (Å²) in [5.41, 5.74) is 0.579. The van der Waals surface area contributed by atoms with Crippen LogP contribution in [0, 0.1) is 11.7 Å². The number of benzene rings is 1. The Kier molecular flexibility index (Phi) is 5.96. The highest BCUT2D eigenvalue weighted by Gasteiger charge is 2.33. The van der Waals surface area contributed by atoms with Crippen molar-refractivity contribution in [3.63, 3.8) is 0 Å². The van der Waals surface area contributed by atoms with E-state index in [9.17, 15) is 9.18 Å². The molecule has 1 amide bonds. The van der Waals surface area contributed by atoms with Gasteiger partial charge >= 0.3 is 0 Å². The Morgan fingerprint density at radius 2 is 1.59 bits per heavy atom. The molecular formula is C22H32FN3O. The molecule has 3 fully saturated rings. The SMILES string of the molecule is O=C(C1CCC(Nc2ccccc2F)CC1)N1CCN(C2CCCC2)CC1. The van der Waals surface area contributed by atoms with Crippen LogP contribution in [0.1, 0.15) is 51.4 Å². The molecule has 1 saturated heterocycles. The summed E-state index contributed by atoms with van der Waals surface area (Å²) in [6.45, 7) is 3.87. The molecule has 2 saturated carbocycles. The lowest BCUT2D eigenvalue weighted by molar-refractivity contribution is -0.138. The molecule has 1 N–H and O–H groups in total. The molecule has 0 aromatic heterocycles. The highest BCUT2D eigenvalue weighted by Crippen LogP contribution is 2.30. The molecule has 4 nitrogen and oxygen atoms in total. The highest BCUT2D eigenvalue weighted by atomic mass is 19.1. The van der Waals surface area contributed by atoms with Gasteiger partial charge in [-0.05, 0) is 50.7 Å². The Labute approximate surface area is 162 Å². The minimum Gasteiger partial charge on any atom is -0.380 e. The summed E-state index contributed by atoms with van der Waals surface area (Å²) in [7, 11) is 0. The first-order valence-corrected chi connectivity index (χ1v) is 10.7. The summed E-state index contributed by atoms with van der Waals surface area (Å²) in [5.74, 6) is 0.308. The third kappa shape index (κ3) is 4.45. The molecule has 5 heteroatoms. The van der Waals surface area contributed by atoms with Gasteiger partial charge in [0.2, 0.25) is 5.91 Å². The molecule has 0 atom stereocenters. The van der Waals surface area contributed by atoms with Crippen LogP contribution in [0.25, 0.3) is 0 Å². The van der Waals surface area contributed by atoms with Crippen molar-refractivity contribution in [1.29, 1.82) is 0 Å². The van der Waals surface area contributed by atoms with Gasteiger partial charge in [0.1, 0.15) is 5.82 Å². The molecule has 1 aromatic carbocycles. The number of halogens is 1. The van der Waals surface area contributed by atoms with E-state index >= 15 is 0 Å². The van der Waals surface area contributed by atoms with Crippen molar-refractivity contribution in [2.75, 3.05) is 31.5 Å². The van der Waals surface area contributed by atoms with Crippen molar-refractivity contribution in [1.82, 2.24) is 9.80 Å². The van der Waals surface area contributed by atoms with Crippen molar-refractivity contribution in [2.24, 2.45) is 5.92 Å². The average Bonchev–Trinajstić information content (AvgIpc) is 3.25. The van der Waals surface area contributed by atoms with Gasteiger partial charge < -0.3 is 10.2 Å². The van der Waals surface area contributed by atoms with E-state index in [1.807, 2.05) is 6.07 Å². The van der Waals surface area contributed by atoms with E-state index in [2.05, 4.69) is 15.1 Å². The molecule has 0 spiro atoms. The van der Waals surface area contributed by atoms with Crippen LogP contribution in [-0.2, 0) is 4.79 Å². The van der Waals surface area contributed by atoms with Crippen LogP contribution in [0.2, 0.25) is 0 Å². The number of carbonyl (C=O) groups is 1. The monoisotopic (exact) mass is 373 g/mol. The maximum Gasteiger partial charge on any atom is 0.225 e. The Balaban J connectivity index is 1.22. The minimum absolute atomic E-state index is 0.154. The quantitative estimate of drug-likeness (QED) is 0.870. The van der Waals surface area contributed by atoms with Crippen LogP contribution in [0.4, 0.5) is 10.1 Å². The molecule has 3 aliphatic rings. The fraction of sp³-hybridized carbons (Fsp3) is 0.682. The molecule has 0 bridgehead atoms. The van der Waals surface area contributed by atoms with Gasteiger partial charge in [-0.3, -0.25) is 9.69 Å². The topological polar surface area (TPSA) is 35.6 Å². The number of hydrogen-bond donors (Lipinski definition) is 1. The summed E-state index contributed by atoms with van der Waals surface area (Å²) >= 11 is 0. The molecule has 4 rings (SSSR count). The molecule has 0 unspecified atom stereocenters. The van der Waals surface area contributed by atoms with Gasteiger partial charge in [-0.25, -0.2) is 4.39 Å². The van der Waals surface area contributed by atoms with Gasteiger partial charge in [-0.15, -0.1) is 0 Å². The maximum atomic E-state index is 13.8. The summed E-state index contributed by atoms with van der Waals surface area (Å²) < 4.78 is 13.8. The average molecular weight is 374 g/mol. The van der Waals surface area contributed by atoms with Gasteiger partial charge in [0.15, 0.2) is 0 Å². The molecule has 1 aromatic rings. The van der Waals surface area contributed by atoms with Crippen LogP contribution in [0.3, 0.4) is 0 Å². The zero-order valence-corrected chi connectivity index (χ0v) is 16.2. The van der Waals surface area contributed by atoms with Crippen molar-refractivity contribution in [3.8, 4) is 0 Å². The number of rotatable bonds is 4. The third-order valence-electron chi connectivity index (χ3n) is 6.78. The lowest BCUT2D eigenvalue weighted by atomic mass is 9.85. The Hall–Kier alpha value is -1.62. The number of carbonyl (C=O) groups excluding carboxylic acids is 1. The number of anilines is 1. The van der Waals surface area contributed by atoms with Crippen molar-refractivity contribution < 1.29 is 9.18 Å². The van der Waals surface area contributed by atoms with E-state index in [-0.39, 0.29) is 17.8 Å². The van der Waals surface area contributed by atoms with E-state index in [0.717, 1.165) is 57.9 Å². The van der Waals surface area contributed by atoms with Crippen LogP contribution >= 0.6 is 0 Å². The molecule has 27 heavy (non-hydrogen) atoms. The summed E-state index contributed by atoms with van der Waals surface area (Å²) in [5, 5.41) is 3.32. The van der Waals surface area contributed by atoms with E-state index < -0.39 is 0 Å². The summed E-state index contributed by atoms with van der Waals surface area (Å²) in [4.78, 5) is 17.6. The lowest BCUT2D eigenvalue weighted by Gasteiger charge is -2.40. The second kappa shape index (κ2) is 8.59. The van der Waals surface area contributed by atoms with Gasteiger partial charge in [-0.1, -0.05) is 25.0 Å². The van der Waals surface area contributed by atoms with Crippen LogP contribution in [0.5, 0.6) is 0 Å². The molecule has 148 valence electrons. The lowest BCUT2D eigenvalue weighted by Crippen LogP contribution is -2.53. The Bertz CT molecular complexity index is 630. The first kappa shape index (κ1) is 18.7. The van der Waals surface area contributed by atoms with Gasteiger partial charge in [-0.2, -0.15) is 0 Å². The van der Waals surface area contributed by atoms with E-state index in [1.165, 1.54) is 31.7 Å². The van der Waals surface area contributed by atoms with Crippen LogP contribution in [0.15, 0.2) is 24.3 Å². The first-order valence-electron chi connectivity index (χ1n) is 10.7. The van der Waals surface area contributed by atoms with Crippen molar-refractivity contribution in [3.05, 3.63) is 30.1 Å². The highest BCUT2D eigenvalue weighted by molar-refractivity contribution is 5.79. The Morgan fingerprint density at radius 1 is 0.926 bits per heavy atom. The second-order valence-corrected chi connectivity index (χ2v) is 8.47. The fourth-order valence-corrected chi connectivity index (χ4v) is 5.12. The fourth-order valence-electron chi connectivity index (χ4n) is 5.12. The normalized spacial score (nSPS) is 27.7. The number of nitrogens with one attached hydrogen (secondary N) is 1. The molecule has 2 aliphatic carbocycles. The third-order valence-corrected chi connectivity index (χ3v) is 6.78. The number of para-hydroxylation sites is 1. The summed E-state index contributed by atoms with van der Waals surface area (Å²) in [6.07, 6.45) is 9.11. The minimum atomic E-state index is -0.198. The maximum absolute atomic E-state index is 13.8. The van der Waals surface area contributed by atoms with Crippen molar-refractivity contribution >= 4 is 11.6 Å². The van der Waals surface area contributed by atoms with Gasteiger partial charge in [0.05, 0.1) is 5.69 Å². The first-order chi connectivity index (χ1) is 13.2. The van der Waals surface area contributed by atoms with Gasteiger partial charge in [0, 0.05) is 44.2 Å². The zero-order valence-electron chi connectivity index (χ0n) is 16.2. The molecule has 1 aliphatic heterocycles. The predicted molar refractivity (Wildman–Crippen MR) is 106 cm³/mol. The standard InChI is InChI=1S/C22H32FN3O/c23-20-7-3-4-8-21(20)24-18-11-9-17(10-12-18)22(27)26-15-13-25(14-16-26)19-5-1-2-6-19/h3-4,7-8,17-19,24H,1-2,5-6,9-16H2. The molecule has 1 heterocycles. The molecular weight excluding hydrogens is 341 g/mol. The van der Waals surface area contributed by atoms with E-state index in [0.29, 0.717) is 11.6 Å². The van der Waals surface area contributed by atoms with Crippen molar-refractivity contribution in [2.45, 2.75) is 63.5 Å². The summed E-state index contributed by atoms with van der Waals surface area (Å²) in [6, 6.07) is 7.88. The van der Waals surface area contributed by atoms with E-state index in [1.54, 1.807) is 12.1 Å². The number of nitrogens with zero attached hydrogens (tertiary/aromatic N) is 2. The Morgan fingerprint density at radius 3 is 2.26 bits per heavy atom. The number of amides is 1. The van der Waals surface area contributed by atoms with Crippen LogP contribution in [-0.4, -0.2) is 54.0 Å². The van der Waals surface area contributed by atoms with E-state index in [4.69, 9.17) is 0 Å². The predicted octanol–water partition coefficient (Wildman–Crippen LogP) is 3.88. The number of hydrogen-bond acceptors (Lipinski definition) is 3. The van der Waals surface area contributed by atoms with Gasteiger partial charge in [0.25, 0.3) is 0 Å². The zero-order chi connectivity index (χ0) is 18.6. The number of piperazine rings is 1. The smallest absolute Gasteiger partial charge is 0.225 e. The molecule has 0 radical (unpaired) electrons.